The van der Waals surface area contributed by atoms with Crippen molar-refractivity contribution in [2.75, 3.05) is 26.4 Å². The molecular weight excluding hydrogens is 208 g/mol. The number of carbonyl (C=O) groups excluding carboxylic acids is 1. The summed E-state index contributed by atoms with van der Waals surface area (Å²) in [5.74, 6) is 0.195. The zero-order chi connectivity index (χ0) is 11.7. The Kier molecular flexibility index (Phi) is 3.47. The normalized spacial score (nSPS) is 39.3. The van der Waals surface area contributed by atoms with Crippen molar-refractivity contribution in [2.45, 2.75) is 25.4 Å². The number of aliphatic hydroxyl groups is 1. The van der Waals surface area contributed by atoms with E-state index in [9.17, 15) is 9.90 Å². The molecule has 2 aliphatic rings. The first-order chi connectivity index (χ1) is 7.65. The van der Waals surface area contributed by atoms with Crippen molar-refractivity contribution >= 4 is 5.91 Å². The summed E-state index contributed by atoms with van der Waals surface area (Å²) in [4.78, 5) is 14.0. The second-order valence-corrected chi connectivity index (χ2v) is 4.86. The molecule has 2 rings (SSSR count). The minimum atomic E-state index is -0.223. The van der Waals surface area contributed by atoms with Crippen molar-refractivity contribution in [1.82, 2.24) is 4.90 Å². The number of carbonyl (C=O) groups is 1. The number of nitrogens with zero attached hydrogens (tertiary/aromatic N) is 1. The smallest absolute Gasteiger partial charge is 0.230 e. The van der Waals surface area contributed by atoms with Crippen LogP contribution < -0.4 is 5.73 Å². The molecule has 2 fully saturated rings. The number of rotatable bonds is 2. The van der Waals surface area contributed by atoms with Gasteiger partial charge in [0.25, 0.3) is 0 Å². The molecule has 1 amide bonds. The van der Waals surface area contributed by atoms with Gasteiger partial charge in [0.1, 0.15) is 0 Å². The maximum Gasteiger partial charge on any atom is 0.230 e. The van der Waals surface area contributed by atoms with Gasteiger partial charge in [0.05, 0.1) is 31.8 Å². The first-order valence-electron chi connectivity index (χ1n) is 5.89. The summed E-state index contributed by atoms with van der Waals surface area (Å²) in [6, 6.07) is -0.233. The summed E-state index contributed by atoms with van der Waals surface area (Å²) in [5.41, 5.74) is 5.83. The fourth-order valence-electron chi connectivity index (χ4n) is 2.60. The van der Waals surface area contributed by atoms with Gasteiger partial charge in [-0.15, -0.1) is 0 Å². The Hall–Kier alpha value is -0.650. The maximum absolute atomic E-state index is 12.2. The molecule has 2 heterocycles. The third kappa shape index (κ3) is 1.95. The van der Waals surface area contributed by atoms with E-state index in [0.29, 0.717) is 19.1 Å². The van der Waals surface area contributed by atoms with Gasteiger partial charge in [-0.05, 0) is 12.3 Å². The molecule has 5 heteroatoms. The predicted molar refractivity (Wildman–Crippen MR) is 58.7 cm³/mol. The third-order valence-corrected chi connectivity index (χ3v) is 3.79. The molecule has 0 saturated carbocycles. The van der Waals surface area contributed by atoms with Gasteiger partial charge in [0.2, 0.25) is 5.91 Å². The molecule has 4 unspecified atom stereocenters. The molecule has 2 saturated heterocycles. The van der Waals surface area contributed by atoms with Crippen LogP contribution in [0, 0.1) is 11.8 Å². The minimum Gasteiger partial charge on any atom is -0.394 e. The van der Waals surface area contributed by atoms with E-state index in [0.717, 1.165) is 13.0 Å². The van der Waals surface area contributed by atoms with Crippen LogP contribution in [0.15, 0.2) is 0 Å². The van der Waals surface area contributed by atoms with Gasteiger partial charge in [-0.25, -0.2) is 0 Å². The Morgan fingerprint density at radius 1 is 1.56 bits per heavy atom. The van der Waals surface area contributed by atoms with Crippen molar-refractivity contribution in [3.8, 4) is 0 Å². The van der Waals surface area contributed by atoms with E-state index in [-0.39, 0.29) is 30.5 Å². The van der Waals surface area contributed by atoms with E-state index >= 15 is 0 Å². The Morgan fingerprint density at radius 2 is 2.31 bits per heavy atom. The van der Waals surface area contributed by atoms with Crippen molar-refractivity contribution in [3.63, 3.8) is 0 Å². The molecule has 0 aromatic heterocycles. The van der Waals surface area contributed by atoms with Crippen LogP contribution in [0.1, 0.15) is 13.3 Å². The molecule has 92 valence electrons. The van der Waals surface area contributed by atoms with Crippen LogP contribution in [0.2, 0.25) is 0 Å². The van der Waals surface area contributed by atoms with Crippen LogP contribution in [0.4, 0.5) is 0 Å². The van der Waals surface area contributed by atoms with Crippen LogP contribution >= 0.6 is 0 Å². The maximum atomic E-state index is 12.2. The number of hydrogen-bond donors (Lipinski definition) is 2. The van der Waals surface area contributed by atoms with Crippen molar-refractivity contribution in [1.29, 1.82) is 0 Å². The third-order valence-electron chi connectivity index (χ3n) is 3.79. The second kappa shape index (κ2) is 4.69. The lowest BCUT2D eigenvalue weighted by Crippen LogP contribution is -2.47. The largest absolute Gasteiger partial charge is 0.394 e. The molecule has 5 nitrogen and oxygen atoms in total. The highest BCUT2D eigenvalue weighted by Gasteiger charge is 2.40. The van der Waals surface area contributed by atoms with E-state index in [1.165, 1.54) is 0 Å². The van der Waals surface area contributed by atoms with E-state index < -0.39 is 0 Å². The van der Waals surface area contributed by atoms with Gasteiger partial charge in [0, 0.05) is 12.6 Å². The number of hydrogen-bond acceptors (Lipinski definition) is 4. The van der Waals surface area contributed by atoms with Crippen LogP contribution in [0.25, 0.3) is 0 Å². The molecule has 0 radical (unpaired) electrons. The fourth-order valence-corrected chi connectivity index (χ4v) is 2.60. The van der Waals surface area contributed by atoms with Gasteiger partial charge in [-0.2, -0.15) is 0 Å². The van der Waals surface area contributed by atoms with Crippen molar-refractivity contribution in [2.24, 2.45) is 17.6 Å². The Labute approximate surface area is 95.5 Å². The zero-order valence-electron chi connectivity index (χ0n) is 9.63. The first-order valence-corrected chi connectivity index (χ1v) is 5.89. The average Bonchev–Trinajstić information content (AvgIpc) is 2.83. The molecule has 0 aliphatic carbocycles. The van der Waals surface area contributed by atoms with Gasteiger partial charge >= 0.3 is 0 Å². The lowest BCUT2D eigenvalue weighted by molar-refractivity contribution is -0.137. The highest BCUT2D eigenvalue weighted by molar-refractivity contribution is 5.80. The summed E-state index contributed by atoms with van der Waals surface area (Å²) in [6.45, 7) is 3.72. The fraction of sp³-hybridized carbons (Fsp3) is 0.909. The van der Waals surface area contributed by atoms with E-state index in [1.807, 2.05) is 0 Å². The number of aliphatic hydroxyl groups excluding tert-OH is 1. The number of likely N-dealkylation sites (tertiary alicyclic amines) is 1. The van der Waals surface area contributed by atoms with Crippen molar-refractivity contribution < 1.29 is 14.6 Å². The SMILES string of the molecule is CC1CCN(C(=O)C2COCC2N)C1CO. The molecule has 3 N–H and O–H groups in total. The average molecular weight is 228 g/mol. The molecule has 4 atom stereocenters. The molecule has 0 bridgehead atoms. The van der Waals surface area contributed by atoms with Gasteiger partial charge < -0.3 is 20.5 Å². The monoisotopic (exact) mass is 228 g/mol. The lowest BCUT2D eigenvalue weighted by Gasteiger charge is -2.28. The minimum absolute atomic E-state index is 0.0374. The lowest BCUT2D eigenvalue weighted by atomic mass is 10.0. The number of nitrogens with two attached hydrogens (primary N) is 1. The van der Waals surface area contributed by atoms with Crippen LogP contribution in [0.5, 0.6) is 0 Å². The molecular formula is C11H20N2O3. The van der Waals surface area contributed by atoms with E-state index in [4.69, 9.17) is 10.5 Å². The summed E-state index contributed by atoms with van der Waals surface area (Å²) in [6.07, 6.45) is 0.958. The van der Waals surface area contributed by atoms with E-state index in [2.05, 4.69) is 6.92 Å². The molecule has 0 aromatic carbocycles. The summed E-state index contributed by atoms with van der Waals surface area (Å²) < 4.78 is 5.21. The first kappa shape index (κ1) is 11.8. The van der Waals surface area contributed by atoms with Crippen molar-refractivity contribution in [3.05, 3.63) is 0 Å². The topological polar surface area (TPSA) is 75.8 Å². The Bertz CT molecular complexity index is 272. The van der Waals surface area contributed by atoms with Gasteiger partial charge in [0.15, 0.2) is 0 Å². The number of amides is 1. The zero-order valence-corrected chi connectivity index (χ0v) is 9.63. The predicted octanol–water partition coefficient (Wildman–Crippen LogP) is -0.811. The Morgan fingerprint density at radius 3 is 2.88 bits per heavy atom. The van der Waals surface area contributed by atoms with E-state index in [1.54, 1.807) is 4.90 Å². The molecule has 0 aromatic rings. The highest BCUT2D eigenvalue weighted by atomic mass is 16.5. The number of ether oxygens (including phenoxy) is 1. The van der Waals surface area contributed by atoms with Crippen LogP contribution in [-0.4, -0.2) is 54.4 Å². The van der Waals surface area contributed by atoms with Crippen LogP contribution in [-0.2, 0) is 9.53 Å². The molecule has 2 aliphatic heterocycles. The van der Waals surface area contributed by atoms with Crippen LogP contribution in [0.3, 0.4) is 0 Å². The summed E-state index contributed by atoms with van der Waals surface area (Å²) >= 11 is 0. The Balaban J connectivity index is 2.04. The summed E-state index contributed by atoms with van der Waals surface area (Å²) in [5, 5.41) is 9.31. The second-order valence-electron chi connectivity index (χ2n) is 4.86. The summed E-state index contributed by atoms with van der Waals surface area (Å²) in [7, 11) is 0. The standard InChI is InChI=1S/C11H20N2O3/c1-7-2-3-13(10(7)4-14)11(15)8-5-16-6-9(8)12/h7-10,14H,2-6,12H2,1H3. The molecule has 16 heavy (non-hydrogen) atoms. The molecule has 0 spiro atoms. The quantitative estimate of drug-likeness (QED) is 0.648. The van der Waals surface area contributed by atoms with Gasteiger partial charge in [-0.1, -0.05) is 6.92 Å². The highest BCUT2D eigenvalue weighted by Crippen LogP contribution is 2.27. The van der Waals surface area contributed by atoms with Gasteiger partial charge in [-0.3, -0.25) is 4.79 Å².